The summed E-state index contributed by atoms with van der Waals surface area (Å²) >= 11 is 0. The van der Waals surface area contributed by atoms with Crippen LogP contribution in [0.25, 0.3) is 0 Å². The van der Waals surface area contributed by atoms with Crippen molar-refractivity contribution < 1.29 is 9.90 Å². The van der Waals surface area contributed by atoms with E-state index < -0.39 is 5.97 Å². The maximum absolute atomic E-state index is 11.0. The van der Waals surface area contributed by atoms with Gasteiger partial charge in [0.25, 0.3) is 0 Å². The lowest BCUT2D eigenvalue weighted by atomic mass is 10.1. The van der Waals surface area contributed by atoms with E-state index in [0.717, 1.165) is 17.7 Å². The minimum absolute atomic E-state index is 0.370. The van der Waals surface area contributed by atoms with Gasteiger partial charge in [-0.15, -0.1) is 0 Å². The molecule has 80 valence electrons. The number of aromatic carboxylic acids is 1. The molecule has 0 amide bonds. The van der Waals surface area contributed by atoms with Gasteiger partial charge in [0.1, 0.15) is 0 Å². The number of carboxylic acid groups (broad SMARTS) is 1. The van der Waals surface area contributed by atoms with Gasteiger partial charge in [0.2, 0.25) is 0 Å². The first kappa shape index (κ1) is 10.0. The highest BCUT2D eigenvalue weighted by Crippen LogP contribution is 2.33. The van der Waals surface area contributed by atoms with Gasteiger partial charge in [0.05, 0.1) is 5.56 Å². The van der Waals surface area contributed by atoms with Crippen molar-refractivity contribution in [3.8, 4) is 0 Å². The first-order chi connectivity index (χ1) is 7.08. The molecule has 1 fully saturated rings. The maximum atomic E-state index is 11.0. The van der Waals surface area contributed by atoms with Crippen LogP contribution in [0.4, 0.5) is 5.69 Å². The number of nitrogens with one attached hydrogen (secondary N) is 1. The molecule has 1 saturated carbocycles. The number of carboxylic acids is 1. The fraction of sp³-hybridized carbons (Fsp3) is 0.417. The molecule has 0 aliphatic heterocycles. The monoisotopic (exact) mass is 205 g/mol. The number of aryl methyl sites for hydroxylation is 1. The average molecular weight is 205 g/mol. The predicted octanol–water partition coefficient (Wildman–Crippen LogP) is 2.51. The van der Waals surface area contributed by atoms with E-state index in [1.54, 1.807) is 6.07 Å². The second-order valence-electron chi connectivity index (χ2n) is 4.32. The van der Waals surface area contributed by atoms with Crippen LogP contribution < -0.4 is 5.32 Å². The third kappa shape index (κ3) is 2.12. The van der Waals surface area contributed by atoms with Crippen molar-refractivity contribution in [3.05, 3.63) is 29.3 Å². The Balaban J connectivity index is 2.25. The van der Waals surface area contributed by atoms with Gasteiger partial charge < -0.3 is 10.4 Å². The van der Waals surface area contributed by atoms with Crippen LogP contribution in [0.5, 0.6) is 0 Å². The van der Waals surface area contributed by atoms with Gasteiger partial charge in [0.15, 0.2) is 0 Å². The first-order valence-electron chi connectivity index (χ1n) is 5.18. The summed E-state index contributed by atoms with van der Waals surface area (Å²) in [5, 5.41) is 12.3. The number of anilines is 1. The summed E-state index contributed by atoms with van der Waals surface area (Å²) in [6, 6.07) is 5.94. The summed E-state index contributed by atoms with van der Waals surface area (Å²) < 4.78 is 0. The molecule has 0 heterocycles. The van der Waals surface area contributed by atoms with E-state index >= 15 is 0 Å². The summed E-state index contributed by atoms with van der Waals surface area (Å²) in [5.41, 5.74) is 2.08. The van der Waals surface area contributed by atoms with Gasteiger partial charge in [-0.3, -0.25) is 0 Å². The molecule has 0 aromatic heterocycles. The zero-order valence-electron chi connectivity index (χ0n) is 8.95. The fourth-order valence-electron chi connectivity index (χ4n) is 1.68. The van der Waals surface area contributed by atoms with Gasteiger partial charge in [-0.2, -0.15) is 0 Å². The molecule has 0 radical (unpaired) electrons. The predicted molar refractivity (Wildman–Crippen MR) is 59.3 cm³/mol. The standard InChI is InChI=1S/C12H15NO2/c1-7-3-4-10(9(5-7)12(14)15)13-11-6-8(11)2/h3-5,8,11,13H,6H2,1-2H3,(H,14,15). The molecule has 1 aromatic carbocycles. The molecule has 1 aliphatic carbocycles. The van der Waals surface area contributed by atoms with E-state index in [9.17, 15) is 4.79 Å². The molecule has 1 aliphatic rings. The highest BCUT2D eigenvalue weighted by Gasteiger charge is 2.33. The maximum Gasteiger partial charge on any atom is 0.337 e. The quantitative estimate of drug-likeness (QED) is 0.797. The number of benzene rings is 1. The third-order valence-electron chi connectivity index (χ3n) is 2.86. The number of hydrogen-bond acceptors (Lipinski definition) is 2. The number of carbonyl (C=O) groups is 1. The normalized spacial score (nSPS) is 23.6. The Morgan fingerprint density at radius 2 is 2.20 bits per heavy atom. The van der Waals surface area contributed by atoms with E-state index in [2.05, 4.69) is 12.2 Å². The minimum Gasteiger partial charge on any atom is -0.478 e. The third-order valence-corrected chi connectivity index (χ3v) is 2.86. The summed E-state index contributed by atoms with van der Waals surface area (Å²) in [7, 11) is 0. The molecular weight excluding hydrogens is 190 g/mol. The molecule has 2 rings (SSSR count). The Morgan fingerprint density at radius 1 is 1.53 bits per heavy atom. The lowest BCUT2D eigenvalue weighted by Crippen LogP contribution is -2.09. The molecule has 3 nitrogen and oxygen atoms in total. The smallest absolute Gasteiger partial charge is 0.337 e. The largest absolute Gasteiger partial charge is 0.478 e. The zero-order chi connectivity index (χ0) is 11.0. The van der Waals surface area contributed by atoms with Crippen LogP contribution in [0.2, 0.25) is 0 Å². The Hall–Kier alpha value is -1.51. The van der Waals surface area contributed by atoms with E-state index in [-0.39, 0.29) is 0 Å². The van der Waals surface area contributed by atoms with Crippen molar-refractivity contribution in [2.45, 2.75) is 26.3 Å². The lowest BCUT2D eigenvalue weighted by Gasteiger charge is -2.09. The first-order valence-corrected chi connectivity index (χ1v) is 5.18. The molecule has 0 spiro atoms. The van der Waals surface area contributed by atoms with Gasteiger partial charge in [-0.1, -0.05) is 18.6 Å². The SMILES string of the molecule is Cc1ccc(NC2CC2C)c(C(=O)O)c1. The van der Waals surface area contributed by atoms with E-state index in [0.29, 0.717) is 17.5 Å². The summed E-state index contributed by atoms with van der Waals surface area (Å²) in [5.74, 6) is -0.206. The van der Waals surface area contributed by atoms with Gasteiger partial charge in [-0.25, -0.2) is 4.79 Å². The Morgan fingerprint density at radius 3 is 2.73 bits per heavy atom. The van der Waals surface area contributed by atoms with Crippen molar-refractivity contribution >= 4 is 11.7 Å². The highest BCUT2D eigenvalue weighted by atomic mass is 16.4. The summed E-state index contributed by atoms with van der Waals surface area (Å²) in [6.45, 7) is 4.06. The average Bonchev–Trinajstić information content (AvgIpc) is 2.85. The Labute approximate surface area is 89.1 Å². The Kier molecular flexibility index (Phi) is 2.39. The number of rotatable bonds is 3. The van der Waals surface area contributed by atoms with Crippen LogP contribution >= 0.6 is 0 Å². The molecular formula is C12H15NO2. The summed E-state index contributed by atoms with van der Waals surface area (Å²) in [6.07, 6.45) is 1.13. The molecule has 1 aromatic rings. The minimum atomic E-state index is -0.866. The van der Waals surface area contributed by atoms with Crippen LogP contribution in [-0.4, -0.2) is 17.1 Å². The van der Waals surface area contributed by atoms with Gasteiger partial charge in [-0.05, 0) is 31.4 Å². The van der Waals surface area contributed by atoms with Crippen molar-refractivity contribution in [1.29, 1.82) is 0 Å². The summed E-state index contributed by atoms with van der Waals surface area (Å²) in [4.78, 5) is 11.0. The Bertz CT molecular complexity index is 401. The van der Waals surface area contributed by atoms with Crippen molar-refractivity contribution in [2.24, 2.45) is 5.92 Å². The van der Waals surface area contributed by atoms with Crippen LogP contribution in [0.3, 0.4) is 0 Å². The van der Waals surface area contributed by atoms with Crippen molar-refractivity contribution in [2.75, 3.05) is 5.32 Å². The van der Waals surface area contributed by atoms with Crippen molar-refractivity contribution in [3.63, 3.8) is 0 Å². The second-order valence-corrected chi connectivity index (χ2v) is 4.32. The number of hydrogen-bond donors (Lipinski definition) is 2. The van der Waals surface area contributed by atoms with Crippen LogP contribution in [0.15, 0.2) is 18.2 Å². The molecule has 0 saturated heterocycles. The molecule has 2 unspecified atom stereocenters. The van der Waals surface area contributed by atoms with Crippen molar-refractivity contribution in [1.82, 2.24) is 0 Å². The zero-order valence-corrected chi connectivity index (χ0v) is 8.95. The van der Waals surface area contributed by atoms with Crippen LogP contribution in [0, 0.1) is 12.8 Å². The van der Waals surface area contributed by atoms with E-state index in [4.69, 9.17) is 5.11 Å². The lowest BCUT2D eigenvalue weighted by molar-refractivity contribution is 0.0698. The van der Waals surface area contributed by atoms with Crippen LogP contribution in [-0.2, 0) is 0 Å². The molecule has 3 heteroatoms. The molecule has 15 heavy (non-hydrogen) atoms. The van der Waals surface area contributed by atoms with E-state index in [1.807, 2.05) is 19.1 Å². The van der Waals surface area contributed by atoms with Gasteiger partial charge in [0, 0.05) is 11.7 Å². The molecule has 2 atom stereocenters. The molecule has 0 bridgehead atoms. The molecule has 2 N–H and O–H groups in total. The van der Waals surface area contributed by atoms with Gasteiger partial charge >= 0.3 is 5.97 Å². The van der Waals surface area contributed by atoms with E-state index in [1.165, 1.54) is 0 Å². The highest BCUT2D eigenvalue weighted by molar-refractivity contribution is 5.94. The fourth-order valence-corrected chi connectivity index (χ4v) is 1.68. The van der Waals surface area contributed by atoms with Crippen LogP contribution in [0.1, 0.15) is 29.3 Å². The topological polar surface area (TPSA) is 49.3 Å². The second kappa shape index (κ2) is 3.57.